The molecule has 0 bridgehead atoms. The van der Waals surface area contributed by atoms with Crippen molar-refractivity contribution >= 4 is 6.29 Å². The van der Waals surface area contributed by atoms with Crippen LogP contribution in [0, 0.1) is 0 Å². The van der Waals surface area contributed by atoms with E-state index in [9.17, 15) is 4.79 Å². The zero-order valence-electron chi connectivity index (χ0n) is 7.48. The summed E-state index contributed by atoms with van der Waals surface area (Å²) in [6.07, 6.45) is 7.78. The van der Waals surface area contributed by atoms with Gasteiger partial charge in [0.05, 0.1) is 0 Å². The molecule has 0 amide bonds. The van der Waals surface area contributed by atoms with Gasteiger partial charge in [0.25, 0.3) is 0 Å². The van der Waals surface area contributed by atoms with Crippen LogP contribution in [0.3, 0.4) is 0 Å². The Morgan fingerprint density at radius 3 is 2.77 bits per heavy atom. The first kappa shape index (κ1) is 10.4. The minimum atomic E-state index is -0.226. The minimum absolute atomic E-state index is 0.222. The van der Waals surface area contributed by atoms with Gasteiger partial charge in [0.1, 0.15) is 6.29 Å². The van der Waals surface area contributed by atoms with Crippen molar-refractivity contribution in [3.8, 4) is 0 Å². The van der Waals surface area contributed by atoms with Gasteiger partial charge in [-0.1, -0.05) is 12.2 Å². The minimum Gasteiger partial charge on any atom is -0.320 e. The van der Waals surface area contributed by atoms with E-state index in [1.807, 2.05) is 12.2 Å². The number of carbonyl (C=O) groups excluding carboxylic acids is 1. The number of ether oxygens (including phenoxy) is 1. The molecule has 1 heterocycles. The third-order valence-electron chi connectivity index (χ3n) is 1.66. The second-order valence-corrected chi connectivity index (χ2v) is 2.72. The summed E-state index contributed by atoms with van der Waals surface area (Å²) in [5.41, 5.74) is 0. The van der Waals surface area contributed by atoms with Gasteiger partial charge < -0.3 is 9.53 Å². The highest BCUT2D eigenvalue weighted by atomic mass is 17.3. The average molecular weight is 186 g/mol. The van der Waals surface area contributed by atoms with E-state index in [1.165, 1.54) is 0 Å². The molecule has 0 aromatic rings. The van der Waals surface area contributed by atoms with Gasteiger partial charge in [0.2, 0.25) is 0 Å². The maximum Gasteiger partial charge on any atom is 0.194 e. The van der Waals surface area contributed by atoms with Crippen LogP contribution in [0.5, 0.6) is 0 Å². The summed E-state index contributed by atoms with van der Waals surface area (Å²) in [5, 5.41) is 0. The molecule has 0 aromatic carbocycles. The molecule has 1 fully saturated rings. The maximum atomic E-state index is 9.96. The van der Waals surface area contributed by atoms with E-state index in [0.29, 0.717) is 6.42 Å². The molecule has 74 valence electrons. The topological polar surface area (TPSA) is 44.8 Å². The highest BCUT2D eigenvalue weighted by molar-refractivity contribution is 5.49. The first-order valence-electron chi connectivity index (χ1n) is 4.42. The molecule has 0 aliphatic carbocycles. The van der Waals surface area contributed by atoms with Crippen molar-refractivity contribution in [2.24, 2.45) is 0 Å². The van der Waals surface area contributed by atoms with Crippen LogP contribution in [0.2, 0.25) is 0 Å². The van der Waals surface area contributed by atoms with Gasteiger partial charge in [0.15, 0.2) is 13.1 Å². The predicted octanol–water partition coefficient (Wildman–Crippen LogP) is 1.56. The number of unbranched alkanes of at least 4 members (excludes halogenated alkanes) is 1. The van der Waals surface area contributed by atoms with Crippen LogP contribution in [0.1, 0.15) is 25.7 Å². The van der Waals surface area contributed by atoms with Crippen molar-refractivity contribution < 1.29 is 19.3 Å². The van der Waals surface area contributed by atoms with Gasteiger partial charge in [-0.15, -0.1) is 0 Å². The van der Waals surface area contributed by atoms with Crippen molar-refractivity contribution in [1.82, 2.24) is 0 Å². The Kier molecular flexibility index (Phi) is 5.40. The molecule has 1 aliphatic heterocycles. The van der Waals surface area contributed by atoms with E-state index >= 15 is 0 Å². The highest BCUT2D eigenvalue weighted by Gasteiger charge is 2.15. The number of aldehydes is 1. The smallest absolute Gasteiger partial charge is 0.194 e. The monoisotopic (exact) mass is 186 g/mol. The fraction of sp³-hybridized carbons (Fsp3) is 0.667. The zero-order chi connectivity index (χ0) is 9.36. The Labute approximate surface area is 77.4 Å². The lowest BCUT2D eigenvalue weighted by Crippen LogP contribution is -2.05. The van der Waals surface area contributed by atoms with Crippen LogP contribution >= 0.6 is 0 Å². The summed E-state index contributed by atoms with van der Waals surface area (Å²) in [6, 6.07) is 0. The van der Waals surface area contributed by atoms with Gasteiger partial charge in [-0.3, -0.25) is 0 Å². The molecule has 1 aliphatic rings. The van der Waals surface area contributed by atoms with Crippen LogP contribution in [-0.4, -0.2) is 19.4 Å². The van der Waals surface area contributed by atoms with Crippen molar-refractivity contribution in [3.05, 3.63) is 12.2 Å². The first-order chi connectivity index (χ1) is 6.43. The average Bonchev–Trinajstić information content (AvgIpc) is 2.63. The van der Waals surface area contributed by atoms with Crippen molar-refractivity contribution in [3.63, 3.8) is 0 Å². The Morgan fingerprint density at radius 2 is 2.08 bits per heavy atom. The zero-order valence-corrected chi connectivity index (χ0v) is 7.48. The summed E-state index contributed by atoms with van der Waals surface area (Å²) in [6.45, 7) is 0.222. The highest BCUT2D eigenvalue weighted by Crippen LogP contribution is 2.11. The van der Waals surface area contributed by atoms with E-state index in [1.54, 1.807) is 0 Å². The Morgan fingerprint density at radius 1 is 1.23 bits per heavy atom. The summed E-state index contributed by atoms with van der Waals surface area (Å²) in [5.74, 6) is 0. The third kappa shape index (κ3) is 4.77. The molecule has 0 N–H and O–H groups in total. The van der Waals surface area contributed by atoms with Gasteiger partial charge in [0, 0.05) is 12.8 Å². The van der Waals surface area contributed by atoms with Crippen molar-refractivity contribution in [2.45, 2.75) is 32.0 Å². The van der Waals surface area contributed by atoms with E-state index in [4.69, 9.17) is 9.62 Å². The van der Waals surface area contributed by atoms with Crippen LogP contribution in [0.4, 0.5) is 0 Å². The first-order valence-corrected chi connectivity index (χ1v) is 4.42. The fourth-order valence-electron chi connectivity index (χ4n) is 0.999. The molecule has 1 rings (SSSR count). The van der Waals surface area contributed by atoms with Gasteiger partial charge in [-0.25, -0.2) is 9.78 Å². The Hall–Kier alpha value is -0.710. The summed E-state index contributed by atoms with van der Waals surface area (Å²) in [4.78, 5) is 19.3. The van der Waals surface area contributed by atoms with E-state index in [2.05, 4.69) is 4.89 Å². The molecule has 4 heteroatoms. The Bertz CT molecular complexity index is 161. The lowest BCUT2D eigenvalue weighted by Gasteiger charge is -2.01. The van der Waals surface area contributed by atoms with Crippen LogP contribution in [-0.2, 0) is 19.3 Å². The molecule has 0 aromatic heterocycles. The van der Waals surface area contributed by atoms with Gasteiger partial charge in [-0.2, -0.15) is 0 Å². The van der Waals surface area contributed by atoms with Gasteiger partial charge >= 0.3 is 0 Å². The Balaban J connectivity index is 1.93. The van der Waals surface area contributed by atoms with E-state index in [0.717, 1.165) is 25.5 Å². The fourth-order valence-corrected chi connectivity index (χ4v) is 0.999. The molecule has 0 saturated carbocycles. The molecule has 1 saturated heterocycles. The standard InChI is InChI=1S/C9H14O4/c10-7-5-3-1-2-4-6-9-11-8-12-13-9/h1-2,7,9H,3-6,8H2/b2-1-. The SMILES string of the molecule is O=CCC/C=C\CCC1OCOO1. The summed E-state index contributed by atoms with van der Waals surface area (Å²) in [7, 11) is 0. The third-order valence-corrected chi connectivity index (χ3v) is 1.66. The van der Waals surface area contributed by atoms with Crippen LogP contribution in [0.25, 0.3) is 0 Å². The lowest BCUT2D eigenvalue weighted by atomic mass is 10.2. The molecular formula is C9H14O4. The second kappa shape index (κ2) is 6.77. The van der Waals surface area contributed by atoms with Crippen LogP contribution in [0.15, 0.2) is 12.2 Å². The molecule has 13 heavy (non-hydrogen) atoms. The second-order valence-electron chi connectivity index (χ2n) is 2.72. The quantitative estimate of drug-likeness (QED) is 0.273. The number of rotatable bonds is 6. The molecule has 1 atom stereocenters. The maximum absolute atomic E-state index is 9.96. The lowest BCUT2D eigenvalue weighted by molar-refractivity contribution is -0.277. The number of hydrogen-bond acceptors (Lipinski definition) is 4. The number of allylic oxidation sites excluding steroid dienone is 2. The van der Waals surface area contributed by atoms with Crippen molar-refractivity contribution in [2.75, 3.05) is 6.79 Å². The van der Waals surface area contributed by atoms with E-state index < -0.39 is 0 Å². The van der Waals surface area contributed by atoms with Gasteiger partial charge in [-0.05, 0) is 12.8 Å². The molecule has 0 spiro atoms. The van der Waals surface area contributed by atoms with Crippen LogP contribution < -0.4 is 0 Å². The molecule has 0 radical (unpaired) electrons. The summed E-state index contributed by atoms with van der Waals surface area (Å²) < 4.78 is 5.05. The summed E-state index contributed by atoms with van der Waals surface area (Å²) >= 11 is 0. The molecule has 1 unspecified atom stereocenters. The largest absolute Gasteiger partial charge is 0.320 e. The molecule has 4 nitrogen and oxygen atoms in total. The van der Waals surface area contributed by atoms with Crippen molar-refractivity contribution in [1.29, 1.82) is 0 Å². The molecular weight excluding hydrogens is 172 g/mol. The van der Waals surface area contributed by atoms with E-state index in [-0.39, 0.29) is 13.1 Å². The number of carbonyl (C=O) groups is 1. The number of hydrogen-bond donors (Lipinski definition) is 0. The predicted molar refractivity (Wildman–Crippen MR) is 45.6 cm³/mol. The normalized spacial score (nSPS) is 22.6.